The van der Waals surface area contributed by atoms with Crippen molar-refractivity contribution in [2.75, 3.05) is 25.9 Å². The fourth-order valence-corrected chi connectivity index (χ4v) is 3.25. The van der Waals surface area contributed by atoms with Gasteiger partial charge in [-0.15, -0.1) is 11.8 Å². The maximum Gasteiger partial charge on any atom is 0.407 e. The third-order valence-corrected chi connectivity index (χ3v) is 4.67. The van der Waals surface area contributed by atoms with Crippen LogP contribution in [0.15, 0.2) is 17.4 Å². The van der Waals surface area contributed by atoms with Crippen LogP contribution in [0, 0.1) is 5.92 Å². The summed E-state index contributed by atoms with van der Waals surface area (Å²) in [5, 5.41) is 3.89. The molecule has 24 heavy (non-hydrogen) atoms. The van der Waals surface area contributed by atoms with Crippen LogP contribution in [0.1, 0.15) is 39.3 Å². The van der Waals surface area contributed by atoms with Gasteiger partial charge in [0, 0.05) is 25.5 Å². The number of nitrogens with one attached hydrogen (secondary N) is 1. The summed E-state index contributed by atoms with van der Waals surface area (Å²) in [6.07, 6.45) is 7.35. The Balaban J connectivity index is 1.72. The fourth-order valence-electron chi connectivity index (χ4n) is 2.74. The molecule has 134 valence electrons. The van der Waals surface area contributed by atoms with E-state index in [9.17, 15) is 4.79 Å². The van der Waals surface area contributed by atoms with Gasteiger partial charge in [0.2, 0.25) is 0 Å². The first-order chi connectivity index (χ1) is 11.4. The van der Waals surface area contributed by atoms with Gasteiger partial charge in [-0.05, 0) is 58.9 Å². The maximum absolute atomic E-state index is 11.7. The van der Waals surface area contributed by atoms with Crippen LogP contribution in [0.25, 0.3) is 0 Å². The predicted molar refractivity (Wildman–Crippen MR) is 96.1 cm³/mol. The molecule has 0 unspecified atom stereocenters. The molecule has 0 spiro atoms. The van der Waals surface area contributed by atoms with E-state index in [2.05, 4.69) is 20.2 Å². The van der Waals surface area contributed by atoms with Gasteiger partial charge < -0.3 is 10.1 Å². The van der Waals surface area contributed by atoms with Crippen LogP contribution in [0.4, 0.5) is 4.79 Å². The molecule has 0 aromatic carbocycles. The largest absolute Gasteiger partial charge is 0.444 e. The average Bonchev–Trinajstić information content (AvgIpc) is 2.53. The van der Waals surface area contributed by atoms with Crippen molar-refractivity contribution < 1.29 is 9.53 Å². The Bertz CT molecular complexity index is 540. The van der Waals surface area contributed by atoms with Crippen molar-refractivity contribution >= 4 is 17.9 Å². The third kappa shape index (κ3) is 6.28. The summed E-state index contributed by atoms with van der Waals surface area (Å²) >= 11 is 1.64. The molecule has 2 rings (SSSR count). The van der Waals surface area contributed by atoms with Gasteiger partial charge in [-0.25, -0.2) is 9.78 Å². The normalized spacial score (nSPS) is 16.8. The van der Waals surface area contributed by atoms with Crippen molar-refractivity contribution in [2.24, 2.45) is 5.92 Å². The summed E-state index contributed by atoms with van der Waals surface area (Å²) in [6.45, 7) is 9.19. The van der Waals surface area contributed by atoms with Gasteiger partial charge in [-0.1, -0.05) is 0 Å². The highest BCUT2D eigenvalue weighted by Crippen LogP contribution is 2.21. The number of carbonyl (C=O) groups is 1. The maximum atomic E-state index is 11.7. The highest BCUT2D eigenvalue weighted by Gasteiger charge is 2.22. The van der Waals surface area contributed by atoms with Gasteiger partial charge in [0.1, 0.15) is 10.6 Å². The van der Waals surface area contributed by atoms with Crippen LogP contribution >= 0.6 is 11.8 Å². The Labute approximate surface area is 148 Å². The number of alkyl carbamates (subject to hydrolysis) is 1. The number of likely N-dealkylation sites (tertiary alicyclic amines) is 1. The van der Waals surface area contributed by atoms with E-state index in [1.807, 2.05) is 27.0 Å². The third-order valence-electron chi connectivity index (χ3n) is 3.94. The molecular weight excluding hydrogens is 324 g/mol. The number of amides is 1. The fraction of sp³-hybridized carbons (Fsp3) is 0.706. The van der Waals surface area contributed by atoms with Crippen molar-refractivity contribution in [2.45, 2.75) is 50.8 Å². The highest BCUT2D eigenvalue weighted by molar-refractivity contribution is 7.98. The van der Waals surface area contributed by atoms with Gasteiger partial charge >= 0.3 is 6.09 Å². The molecule has 0 radical (unpaired) electrons. The zero-order valence-corrected chi connectivity index (χ0v) is 15.9. The lowest BCUT2D eigenvalue weighted by molar-refractivity contribution is 0.0509. The first-order valence-electron chi connectivity index (χ1n) is 8.40. The van der Waals surface area contributed by atoms with Gasteiger partial charge in [0.05, 0.1) is 5.69 Å². The second-order valence-electron chi connectivity index (χ2n) is 7.11. The molecule has 7 heteroatoms. The zero-order chi connectivity index (χ0) is 17.6. The summed E-state index contributed by atoms with van der Waals surface area (Å²) in [7, 11) is 0. The number of nitrogens with zero attached hydrogens (tertiary/aromatic N) is 3. The Morgan fingerprint density at radius 2 is 2.00 bits per heavy atom. The summed E-state index contributed by atoms with van der Waals surface area (Å²) in [5.74, 6) is 0.510. The van der Waals surface area contributed by atoms with Crippen molar-refractivity contribution in [3.63, 3.8) is 0 Å². The molecule has 0 atom stereocenters. The van der Waals surface area contributed by atoms with E-state index in [1.54, 1.807) is 24.2 Å². The molecule has 0 bridgehead atoms. The summed E-state index contributed by atoms with van der Waals surface area (Å²) < 4.78 is 5.28. The second kappa shape index (κ2) is 8.67. The Kier molecular flexibility index (Phi) is 6.86. The summed E-state index contributed by atoms with van der Waals surface area (Å²) in [6, 6.07) is 0. The number of piperidine rings is 1. The van der Waals surface area contributed by atoms with Crippen LogP contribution in [0.2, 0.25) is 0 Å². The highest BCUT2D eigenvalue weighted by atomic mass is 32.2. The molecule has 1 aromatic heterocycles. The second-order valence-corrected chi connectivity index (χ2v) is 7.91. The van der Waals surface area contributed by atoms with E-state index >= 15 is 0 Å². The molecule has 1 saturated heterocycles. The van der Waals surface area contributed by atoms with Gasteiger partial charge in [-0.3, -0.25) is 9.88 Å². The molecule has 0 aliphatic carbocycles. The number of hydrogen-bond donors (Lipinski definition) is 1. The number of rotatable bonds is 5. The Hall–Kier alpha value is -1.34. The van der Waals surface area contributed by atoms with E-state index in [-0.39, 0.29) is 6.09 Å². The first kappa shape index (κ1) is 19.0. The number of carbonyl (C=O) groups excluding carboxylic acids is 1. The molecule has 1 amide bonds. The minimum atomic E-state index is -0.445. The van der Waals surface area contributed by atoms with Crippen LogP contribution < -0.4 is 5.32 Å². The van der Waals surface area contributed by atoms with E-state index in [4.69, 9.17) is 4.74 Å². The van der Waals surface area contributed by atoms with E-state index in [0.29, 0.717) is 12.5 Å². The van der Waals surface area contributed by atoms with Crippen molar-refractivity contribution in [1.82, 2.24) is 20.2 Å². The molecule has 1 aliphatic heterocycles. The number of aromatic nitrogens is 2. The van der Waals surface area contributed by atoms with Crippen LogP contribution in [-0.4, -0.2) is 52.5 Å². The van der Waals surface area contributed by atoms with Gasteiger partial charge in [0.15, 0.2) is 0 Å². The van der Waals surface area contributed by atoms with Gasteiger partial charge in [-0.2, -0.15) is 0 Å². The molecule has 1 aromatic rings. The van der Waals surface area contributed by atoms with E-state index in [1.165, 1.54) is 0 Å². The van der Waals surface area contributed by atoms with Gasteiger partial charge in [0.25, 0.3) is 0 Å². The topological polar surface area (TPSA) is 67.4 Å². The minimum absolute atomic E-state index is 0.325. The van der Waals surface area contributed by atoms with Crippen molar-refractivity contribution in [1.29, 1.82) is 0 Å². The molecule has 2 heterocycles. The molecule has 1 N–H and O–H groups in total. The molecule has 1 aliphatic rings. The number of hydrogen-bond acceptors (Lipinski definition) is 6. The monoisotopic (exact) mass is 352 g/mol. The molecule has 1 fully saturated rings. The molecule has 0 saturated carbocycles. The average molecular weight is 353 g/mol. The summed E-state index contributed by atoms with van der Waals surface area (Å²) in [5.41, 5.74) is 0.606. The number of thioether (sulfide) groups is 1. The predicted octanol–water partition coefficient (Wildman–Crippen LogP) is 2.94. The van der Waals surface area contributed by atoms with E-state index < -0.39 is 5.60 Å². The first-order valence-corrected chi connectivity index (χ1v) is 9.63. The number of ether oxygens (including phenoxy) is 1. The standard InChI is InChI=1S/C17H28N4O2S/c1-17(2,3)23-16(22)20-11-13-5-9-21(10-6-13)12-14-15(24-4)19-8-7-18-14/h7-8,13H,5-6,9-12H2,1-4H3,(H,20,22). The van der Waals surface area contributed by atoms with Crippen LogP contribution in [-0.2, 0) is 11.3 Å². The van der Waals surface area contributed by atoms with Crippen molar-refractivity contribution in [3.05, 3.63) is 18.1 Å². The summed E-state index contributed by atoms with van der Waals surface area (Å²) in [4.78, 5) is 23.0. The lowest BCUT2D eigenvalue weighted by Gasteiger charge is -2.32. The minimum Gasteiger partial charge on any atom is -0.444 e. The van der Waals surface area contributed by atoms with E-state index in [0.717, 1.165) is 43.2 Å². The smallest absolute Gasteiger partial charge is 0.407 e. The quantitative estimate of drug-likeness (QED) is 0.822. The van der Waals surface area contributed by atoms with Crippen LogP contribution in [0.3, 0.4) is 0 Å². The molecule has 6 nitrogen and oxygen atoms in total. The Morgan fingerprint density at radius 1 is 1.33 bits per heavy atom. The zero-order valence-electron chi connectivity index (χ0n) is 15.0. The lowest BCUT2D eigenvalue weighted by atomic mass is 9.97. The Morgan fingerprint density at radius 3 is 2.62 bits per heavy atom. The molecular formula is C17H28N4O2S. The SMILES string of the molecule is CSc1nccnc1CN1CCC(CNC(=O)OC(C)(C)C)CC1. The van der Waals surface area contributed by atoms with Crippen molar-refractivity contribution in [3.8, 4) is 0 Å². The lowest BCUT2D eigenvalue weighted by Crippen LogP contribution is -2.40. The van der Waals surface area contributed by atoms with Crippen LogP contribution in [0.5, 0.6) is 0 Å².